The van der Waals surface area contributed by atoms with E-state index in [0.29, 0.717) is 19.7 Å². The number of hydrogen-bond donors (Lipinski definition) is 2. The lowest BCUT2D eigenvalue weighted by atomic mass is 10.1. The molecule has 0 bridgehead atoms. The molecule has 4 nitrogen and oxygen atoms in total. The van der Waals surface area contributed by atoms with Gasteiger partial charge in [0.1, 0.15) is 12.4 Å². The molecular weight excluding hydrogens is 300 g/mol. The maximum Gasteiger partial charge on any atom is 0.234 e. The van der Waals surface area contributed by atoms with Crippen LogP contribution < -0.4 is 15.4 Å². The minimum atomic E-state index is 0.0237. The van der Waals surface area contributed by atoms with Crippen molar-refractivity contribution in [2.75, 3.05) is 26.2 Å². The molecule has 0 unspecified atom stereocenters. The summed E-state index contributed by atoms with van der Waals surface area (Å²) >= 11 is 0. The molecule has 1 aliphatic rings. The molecule has 2 aromatic rings. The fourth-order valence-corrected chi connectivity index (χ4v) is 2.57. The highest BCUT2D eigenvalue weighted by atomic mass is 16.5. The van der Waals surface area contributed by atoms with Crippen molar-refractivity contribution in [1.82, 2.24) is 10.6 Å². The summed E-state index contributed by atoms with van der Waals surface area (Å²) in [5.41, 5.74) is 2.19. The van der Waals surface area contributed by atoms with Gasteiger partial charge in [0, 0.05) is 5.56 Å². The van der Waals surface area contributed by atoms with E-state index in [1.165, 1.54) is 12.8 Å². The third-order valence-corrected chi connectivity index (χ3v) is 4.07. The van der Waals surface area contributed by atoms with Crippen LogP contribution in [-0.2, 0) is 4.79 Å². The number of amides is 1. The number of carbonyl (C=O) groups is 1. The average molecular weight is 324 g/mol. The van der Waals surface area contributed by atoms with Crippen molar-refractivity contribution < 1.29 is 9.53 Å². The number of rotatable bonds is 9. The molecule has 1 fully saturated rings. The molecular formula is C20H24N2O2. The molecule has 126 valence electrons. The Morgan fingerprint density at radius 2 is 1.79 bits per heavy atom. The fraction of sp³-hybridized carbons (Fsp3) is 0.350. The molecule has 0 atom stereocenters. The lowest BCUT2D eigenvalue weighted by Crippen LogP contribution is -2.36. The quantitative estimate of drug-likeness (QED) is 0.697. The Morgan fingerprint density at radius 3 is 2.58 bits per heavy atom. The predicted octanol–water partition coefficient (Wildman–Crippen LogP) is 2.85. The van der Waals surface area contributed by atoms with E-state index in [2.05, 4.69) is 22.8 Å². The van der Waals surface area contributed by atoms with Gasteiger partial charge in [-0.05, 0) is 36.9 Å². The van der Waals surface area contributed by atoms with E-state index in [1.807, 2.05) is 42.5 Å². The minimum Gasteiger partial charge on any atom is -0.491 e. The van der Waals surface area contributed by atoms with Crippen molar-refractivity contribution >= 4 is 5.91 Å². The molecule has 0 radical (unpaired) electrons. The highest BCUT2D eigenvalue weighted by molar-refractivity contribution is 5.78. The number of hydrogen-bond acceptors (Lipinski definition) is 3. The second-order valence-corrected chi connectivity index (χ2v) is 6.13. The zero-order valence-corrected chi connectivity index (χ0v) is 13.8. The van der Waals surface area contributed by atoms with Crippen LogP contribution in [0.25, 0.3) is 11.1 Å². The largest absolute Gasteiger partial charge is 0.491 e. The number of para-hydroxylation sites is 1. The van der Waals surface area contributed by atoms with Crippen molar-refractivity contribution in [3.8, 4) is 16.9 Å². The van der Waals surface area contributed by atoms with Crippen LogP contribution in [-0.4, -0.2) is 32.1 Å². The van der Waals surface area contributed by atoms with E-state index in [1.54, 1.807) is 0 Å². The Balaban J connectivity index is 1.42. The SMILES string of the molecule is O=C(CNCC1CC1)NCCOc1ccccc1-c1ccccc1. The zero-order valence-electron chi connectivity index (χ0n) is 13.8. The van der Waals surface area contributed by atoms with E-state index in [9.17, 15) is 4.79 Å². The van der Waals surface area contributed by atoms with E-state index in [-0.39, 0.29) is 5.91 Å². The van der Waals surface area contributed by atoms with Crippen LogP contribution in [0, 0.1) is 5.92 Å². The minimum absolute atomic E-state index is 0.0237. The first-order valence-corrected chi connectivity index (χ1v) is 8.57. The van der Waals surface area contributed by atoms with Crippen molar-refractivity contribution in [3.63, 3.8) is 0 Å². The summed E-state index contributed by atoms with van der Waals surface area (Å²) in [6.07, 6.45) is 2.59. The second-order valence-electron chi connectivity index (χ2n) is 6.13. The number of carbonyl (C=O) groups excluding carboxylic acids is 1. The Morgan fingerprint density at radius 1 is 1.04 bits per heavy atom. The van der Waals surface area contributed by atoms with Gasteiger partial charge >= 0.3 is 0 Å². The molecule has 0 aliphatic heterocycles. The smallest absolute Gasteiger partial charge is 0.234 e. The van der Waals surface area contributed by atoms with Gasteiger partial charge in [-0.1, -0.05) is 48.5 Å². The summed E-state index contributed by atoms with van der Waals surface area (Å²) in [6, 6.07) is 18.1. The summed E-state index contributed by atoms with van der Waals surface area (Å²) in [5, 5.41) is 6.06. The molecule has 1 saturated carbocycles. The van der Waals surface area contributed by atoms with Crippen LogP contribution in [0.2, 0.25) is 0 Å². The highest BCUT2D eigenvalue weighted by Crippen LogP contribution is 2.29. The van der Waals surface area contributed by atoms with E-state index < -0.39 is 0 Å². The van der Waals surface area contributed by atoms with Crippen molar-refractivity contribution in [2.24, 2.45) is 5.92 Å². The van der Waals surface area contributed by atoms with Gasteiger partial charge in [-0.25, -0.2) is 0 Å². The molecule has 1 aliphatic carbocycles. The number of ether oxygens (including phenoxy) is 1. The summed E-state index contributed by atoms with van der Waals surface area (Å²) < 4.78 is 5.86. The predicted molar refractivity (Wildman–Crippen MR) is 96.0 cm³/mol. The monoisotopic (exact) mass is 324 g/mol. The van der Waals surface area contributed by atoms with Gasteiger partial charge in [0.25, 0.3) is 0 Å². The molecule has 24 heavy (non-hydrogen) atoms. The topological polar surface area (TPSA) is 50.4 Å². The molecule has 4 heteroatoms. The van der Waals surface area contributed by atoms with Gasteiger partial charge < -0.3 is 15.4 Å². The lowest BCUT2D eigenvalue weighted by Gasteiger charge is -2.12. The van der Waals surface area contributed by atoms with E-state index in [0.717, 1.165) is 29.3 Å². The zero-order chi connectivity index (χ0) is 16.6. The summed E-state index contributed by atoms with van der Waals surface area (Å²) in [7, 11) is 0. The maximum absolute atomic E-state index is 11.7. The normalized spacial score (nSPS) is 13.5. The first kappa shape index (κ1) is 16.5. The first-order chi connectivity index (χ1) is 11.8. The van der Waals surface area contributed by atoms with Gasteiger partial charge in [0.05, 0.1) is 13.1 Å². The van der Waals surface area contributed by atoms with Crippen LogP contribution in [0.4, 0.5) is 0 Å². The Bertz CT molecular complexity index is 654. The standard InChI is InChI=1S/C20H24N2O2/c23-20(15-21-14-16-10-11-16)22-12-13-24-19-9-5-4-8-18(19)17-6-2-1-3-7-17/h1-9,16,21H,10-15H2,(H,22,23). The average Bonchev–Trinajstić information content (AvgIpc) is 3.44. The molecule has 3 rings (SSSR count). The van der Waals surface area contributed by atoms with Crippen LogP contribution in [0.3, 0.4) is 0 Å². The molecule has 0 saturated heterocycles. The van der Waals surface area contributed by atoms with Gasteiger partial charge in [-0.3, -0.25) is 4.79 Å². The molecule has 0 aromatic heterocycles. The van der Waals surface area contributed by atoms with Gasteiger partial charge in [-0.2, -0.15) is 0 Å². The van der Waals surface area contributed by atoms with Gasteiger partial charge in [0.15, 0.2) is 0 Å². The number of benzene rings is 2. The Labute approximate surface area is 143 Å². The maximum atomic E-state index is 11.7. The third kappa shape index (κ3) is 5.10. The van der Waals surface area contributed by atoms with Crippen LogP contribution >= 0.6 is 0 Å². The van der Waals surface area contributed by atoms with E-state index in [4.69, 9.17) is 4.74 Å². The summed E-state index contributed by atoms with van der Waals surface area (Å²) in [4.78, 5) is 11.7. The highest BCUT2D eigenvalue weighted by Gasteiger charge is 2.20. The second kappa shape index (κ2) is 8.50. The van der Waals surface area contributed by atoms with Crippen LogP contribution in [0.1, 0.15) is 12.8 Å². The van der Waals surface area contributed by atoms with Gasteiger partial charge in [-0.15, -0.1) is 0 Å². The Hall–Kier alpha value is -2.33. The molecule has 0 heterocycles. The van der Waals surface area contributed by atoms with E-state index >= 15 is 0 Å². The fourth-order valence-electron chi connectivity index (χ4n) is 2.57. The third-order valence-electron chi connectivity index (χ3n) is 4.07. The van der Waals surface area contributed by atoms with Crippen LogP contribution in [0.5, 0.6) is 5.75 Å². The Kier molecular flexibility index (Phi) is 5.85. The lowest BCUT2D eigenvalue weighted by molar-refractivity contribution is -0.120. The first-order valence-electron chi connectivity index (χ1n) is 8.57. The van der Waals surface area contributed by atoms with Crippen molar-refractivity contribution in [2.45, 2.75) is 12.8 Å². The van der Waals surface area contributed by atoms with Gasteiger partial charge in [0.2, 0.25) is 5.91 Å². The van der Waals surface area contributed by atoms with Crippen molar-refractivity contribution in [3.05, 3.63) is 54.6 Å². The molecule has 1 amide bonds. The molecule has 0 spiro atoms. The molecule has 2 N–H and O–H groups in total. The summed E-state index contributed by atoms with van der Waals surface area (Å²) in [5.74, 6) is 1.65. The molecule has 2 aromatic carbocycles. The summed E-state index contributed by atoms with van der Waals surface area (Å²) in [6.45, 7) is 2.30. The van der Waals surface area contributed by atoms with Crippen LogP contribution in [0.15, 0.2) is 54.6 Å². The van der Waals surface area contributed by atoms with Crippen molar-refractivity contribution in [1.29, 1.82) is 0 Å². The number of nitrogens with one attached hydrogen (secondary N) is 2.